The molecule has 0 heterocycles. The van der Waals surface area contributed by atoms with Crippen LogP contribution in [0.5, 0.6) is 0 Å². The summed E-state index contributed by atoms with van der Waals surface area (Å²) in [6, 6.07) is 0. The summed E-state index contributed by atoms with van der Waals surface area (Å²) >= 11 is 0. The molecule has 0 aliphatic heterocycles. The molecule has 0 bridgehead atoms. The van der Waals surface area contributed by atoms with Crippen molar-refractivity contribution < 1.29 is 38.6 Å². The number of hydrogen-bond donors (Lipinski definition) is 5. The predicted octanol–water partition coefficient (Wildman–Crippen LogP) is -0.342. The minimum Gasteiger partial charge on any atom is -0.478 e. The molecule has 0 aromatic rings. The third kappa shape index (κ3) is 3.34. The summed E-state index contributed by atoms with van der Waals surface area (Å²) in [7, 11) is -10.5. The highest BCUT2D eigenvalue weighted by molar-refractivity contribution is 7.77. The summed E-state index contributed by atoms with van der Waals surface area (Å²) in [6.45, 7) is 0.704. The Morgan fingerprint density at radius 2 is 1.29 bits per heavy atom. The molecule has 0 saturated heterocycles. The van der Waals surface area contributed by atoms with Gasteiger partial charge in [-0.05, 0) is 6.92 Å². The van der Waals surface area contributed by atoms with Crippen LogP contribution in [0.4, 0.5) is 0 Å². The number of carbonyl (C=O) groups is 1. The number of carboxylic acid groups (broad SMARTS) is 1. The van der Waals surface area contributed by atoms with E-state index in [0.717, 1.165) is 0 Å². The average molecular weight is 246 g/mol. The maximum absolute atomic E-state index is 10.6. The van der Waals surface area contributed by atoms with Crippen molar-refractivity contribution >= 4 is 21.2 Å². The van der Waals surface area contributed by atoms with Gasteiger partial charge in [0, 0.05) is 0 Å². The monoisotopic (exact) mass is 246 g/mol. The number of hydrogen-bond acceptors (Lipinski definition) is 3. The van der Waals surface area contributed by atoms with Gasteiger partial charge in [0.1, 0.15) is 0 Å². The molecule has 8 nitrogen and oxygen atoms in total. The highest BCUT2D eigenvalue weighted by atomic mass is 31.2. The Bertz CT molecular complexity index is 345. The van der Waals surface area contributed by atoms with Gasteiger partial charge < -0.3 is 24.7 Å². The molecule has 10 heteroatoms. The highest BCUT2D eigenvalue weighted by Crippen LogP contribution is 2.65. The molecule has 0 rings (SSSR count). The predicted molar refractivity (Wildman–Crippen MR) is 44.4 cm³/mol. The summed E-state index contributed by atoms with van der Waals surface area (Å²) in [5.41, 5.74) is -1.05. The molecule has 0 saturated carbocycles. The Labute approximate surface area is 78.2 Å². The van der Waals surface area contributed by atoms with E-state index in [1.54, 1.807) is 0 Å². The van der Waals surface area contributed by atoms with Crippen molar-refractivity contribution in [3.05, 3.63) is 10.6 Å². The number of rotatable bonds is 3. The van der Waals surface area contributed by atoms with Crippen LogP contribution in [0.25, 0.3) is 0 Å². The minimum absolute atomic E-state index is 0.704. The normalized spacial score (nSPS) is 12.4. The van der Waals surface area contributed by atoms with Crippen molar-refractivity contribution in [2.24, 2.45) is 0 Å². The fraction of sp³-hybridized carbons (Fsp3) is 0.250. The lowest BCUT2D eigenvalue weighted by atomic mass is 10.4. The smallest absolute Gasteiger partial charge is 0.364 e. The van der Waals surface area contributed by atoms with Gasteiger partial charge in [-0.2, -0.15) is 0 Å². The molecule has 0 radical (unpaired) electrons. The largest absolute Gasteiger partial charge is 0.478 e. The van der Waals surface area contributed by atoms with Crippen molar-refractivity contribution in [3.8, 4) is 0 Å². The van der Waals surface area contributed by atoms with Crippen molar-refractivity contribution in [2.75, 3.05) is 0 Å². The molecule has 0 aliphatic carbocycles. The van der Waals surface area contributed by atoms with E-state index >= 15 is 0 Å². The van der Waals surface area contributed by atoms with Gasteiger partial charge >= 0.3 is 21.2 Å². The average Bonchev–Trinajstić information content (AvgIpc) is 1.79. The van der Waals surface area contributed by atoms with Gasteiger partial charge in [0.15, 0.2) is 5.06 Å². The topological polar surface area (TPSA) is 152 Å². The van der Waals surface area contributed by atoms with Crippen molar-refractivity contribution in [2.45, 2.75) is 6.92 Å². The zero-order valence-corrected chi connectivity index (χ0v) is 8.64. The molecule has 82 valence electrons. The molecular formula is C4H8O8P2. The van der Waals surface area contributed by atoms with E-state index < -0.39 is 31.8 Å². The van der Waals surface area contributed by atoms with Crippen LogP contribution in [0, 0.1) is 0 Å². The van der Waals surface area contributed by atoms with Crippen LogP contribution >= 0.6 is 15.2 Å². The van der Waals surface area contributed by atoms with Crippen molar-refractivity contribution in [1.82, 2.24) is 0 Å². The van der Waals surface area contributed by atoms with Crippen LogP contribution in [-0.2, 0) is 13.9 Å². The Hall–Kier alpha value is -0.490. The Kier molecular flexibility index (Phi) is 3.80. The summed E-state index contributed by atoms with van der Waals surface area (Å²) in [6.07, 6.45) is 0. The second-order valence-electron chi connectivity index (χ2n) is 2.34. The summed E-state index contributed by atoms with van der Waals surface area (Å²) < 4.78 is 21.2. The molecule has 14 heavy (non-hydrogen) atoms. The maximum Gasteiger partial charge on any atom is 0.364 e. The third-order valence-corrected chi connectivity index (χ3v) is 4.55. The standard InChI is InChI=1S/C4H8O8P2/c1-2(3(5)6)4(13(7,8)9)14(10,11)12/h1H3,(H,5,6)(H2,7,8,9)(H2,10,11,12). The third-order valence-electron chi connectivity index (χ3n) is 1.21. The van der Waals surface area contributed by atoms with E-state index in [1.165, 1.54) is 0 Å². The van der Waals surface area contributed by atoms with E-state index in [1.807, 2.05) is 0 Å². The second-order valence-corrected chi connectivity index (χ2v) is 5.77. The first kappa shape index (κ1) is 13.5. The van der Waals surface area contributed by atoms with E-state index in [0.29, 0.717) is 6.92 Å². The maximum atomic E-state index is 10.6. The van der Waals surface area contributed by atoms with E-state index in [9.17, 15) is 13.9 Å². The molecule has 0 amide bonds. The summed E-state index contributed by atoms with van der Waals surface area (Å²) in [5, 5.41) is 6.68. The Morgan fingerprint density at radius 1 is 1.00 bits per heavy atom. The first-order chi connectivity index (χ1) is 5.98. The molecule has 0 aliphatic rings. The zero-order chi connectivity index (χ0) is 11.7. The van der Waals surface area contributed by atoms with E-state index in [-0.39, 0.29) is 0 Å². The van der Waals surface area contributed by atoms with Gasteiger partial charge in [-0.15, -0.1) is 0 Å². The zero-order valence-electron chi connectivity index (χ0n) is 6.86. The lowest BCUT2D eigenvalue weighted by molar-refractivity contribution is -0.132. The molecule has 5 N–H and O–H groups in total. The minimum atomic E-state index is -5.27. The molecule has 0 fully saturated rings. The van der Waals surface area contributed by atoms with Crippen LogP contribution in [0.15, 0.2) is 10.6 Å². The summed E-state index contributed by atoms with van der Waals surface area (Å²) in [4.78, 5) is 44.4. The van der Waals surface area contributed by atoms with Crippen LogP contribution in [-0.4, -0.2) is 30.6 Å². The highest BCUT2D eigenvalue weighted by Gasteiger charge is 2.39. The first-order valence-corrected chi connectivity index (χ1v) is 6.26. The van der Waals surface area contributed by atoms with Crippen LogP contribution in [0.2, 0.25) is 0 Å². The SMILES string of the molecule is CC(C(=O)O)=C(P(=O)(O)O)P(=O)(O)O. The lowest BCUT2D eigenvalue weighted by Gasteiger charge is -2.12. The van der Waals surface area contributed by atoms with Gasteiger partial charge in [-0.3, -0.25) is 9.13 Å². The second kappa shape index (κ2) is 3.94. The molecule has 0 aromatic heterocycles. The van der Waals surface area contributed by atoms with E-state index in [2.05, 4.69) is 0 Å². The fourth-order valence-electron chi connectivity index (χ4n) is 0.702. The van der Waals surface area contributed by atoms with Crippen LogP contribution in [0.3, 0.4) is 0 Å². The summed E-state index contributed by atoms with van der Waals surface area (Å²) in [5.74, 6) is -1.80. The molecular weight excluding hydrogens is 238 g/mol. The molecule has 0 atom stereocenters. The van der Waals surface area contributed by atoms with Crippen molar-refractivity contribution in [3.63, 3.8) is 0 Å². The van der Waals surface area contributed by atoms with E-state index in [4.69, 9.17) is 24.7 Å². The first-order valence-electron chi connectivity index (χ1n) is 3.04. The lowest BCUT2D eigenvalue weighted by Crippen LogP contribution is -2.02. The van der Waals surface area contributed by atoms with Gasteiger partial charge in [0.2, 0.25) is 0 Å². The van der Waals surface area contributed by atoms with Gasteiger partial charge in [0.05, 0.1) is 5.57 Å². The Morgan fingerprint density at radius 3 is 1.36 bits per heavy atom. The van der Waals surface area contributed by atoms with Gasteiger partial charge in [-0.1, -0.05) is 0 Å². The number of aliphatic carboxylic acids is 1. The van der Waals surface area contributed by atoms with Crippen molar-refractivity contribution in [1.29, 1.82) is 0 Å². The fourth-order valence-corrected chi connectivity index (χ4v) is 3.12. The molecule has 0 spiro atoms. The van der Waals surface area contributed by atoms with Gasteiger partial charge in [-0.25, -0.2) is 4.79 Å². The number of carboxylic acids is 1. The van der Waals surface area contributed by atoms with Gasteiger partial charge in [0.25, 0.3) is 0 Å². The molecule has 0 unspecified atom stereocenters. The molecule has 0 aromatic carbocycles. The quantitative estimate of drug-likeness (QED) is 0.334. The Balaban J connectivity index is 5.84. The van der Waals surface area contributed by atoms with Crippen LogP contribution < -0.4 is 0 Å². The van der Waals surface area contributed by atoms with Crippen LogP contribution in [0.1, 0.15) is 6.92 Å².